The minimum absolute atomic E-state index is 0.0641. The molecule has 102 valence electrons. The third kappa shape index (κ3) is 1.67. The number of ether oxygens (including phenoxy) is 2. The van der Waals surface area contributed by atoms with E-state index < -0.39 is 12.1 Å². The maximum absolute atomic E-state index is 11.4. The van der Waals surface area contributed by atoms with Crippen molar-refractivity contribution in [1.82, 2.24) is 0 Å². The topological polar surface area (TPSA) is 102 Å². The van der Waals surface area contributed by atoms with Crippen LogP contribution in [0.5, 0.6) is 11.5 Å². The minimum atomic E-state index is -1.02. The van der Waals surface area contributed by atoms with Gasteiger partial charge in [-0.15, -0.1) is 0 Å². The first kappa shape index (κ1) is 12.3. The summed E-state index contributed by atoms with van der Waals surface area (Å²) in [6.07, 6.45) is 0.224. The Morgan fingerprint density at radius 3 is 2.47 bits per heavy atom. The zero-order chi connectivity index (χ0) is 13.6. The Bertz CT molecular complexity index is 519. The first-order valence-electron chi connectivity index (χ1n) is 6.23. The Morgan fingerprint density at radius 2 is 1.84 bits per heavy atom. The van der Waals surface area contributed by atoms with Gasteiger partial charge in [0.15, 0.2) is 0 Å². The van der Waals surface area contributed by atoms with Gasteiger partial charge in [-0.3, -0.25) is 0 Å². The number of hydrogen-bond acceptors (Lipinski definition) is 5. The van der Waals surface area contributed by atoms with Crippen molar-refractivity contribution in [2.24, 2.45) is 5.73 Å². The van der Waals surface area contributed by atoms with Crippen molar-refractivity contribution in [3.8, 4) is 11.5 Å². The lowest BCUT2D eigenvalue weighted by atomic mass is 9.91. The van der Waals surface area contributed by atoms with Gasteiger partial charge in [-0.05, 0) is 0 Å². The van der Waals surface area contributed by atoms with Crippen molar-refractivity contribution in [3.63, 3.8) is 0 Å². The fourth-order valence-corrected chi connectivity index (χ4v) is 2.84. The molecule has 0 saturated heterocycles. The molecule has 2 heterocycles. The first-order chi connectivity index (χ1) is 9.15. The second kappa shape index (κ2) is 4.40. The van der Waals surface area contributed by atoms with Gasteiger partial charge in [0.2, 0.25) is 0 Å². The van der Waals surface area contributed by atoms with Gasteiger partial charge < -0.3 is 25.4 Å². The molecule has 1 atom stereocenters. The molecule has 6 nitrogen and oxygen atoms in total. The standard InChI is InChI=1S/C13H15NO5/c14-5-8(15)9-6-1-3-19-12(6)10(13(16)17)7-2-4-18-11(7)9/h8,15H,1-5,14H2,(H,16,17). The van der Waals surface area contributed by atoms with Crippen molar-refractivity contribution in [2.75, 3.05) is 19.8 Å². The van der Waals surface area contributed by atoms with Crippen molar-refractivity contribution in [2.45, 2.75) is 18.9 Å². The maximum atomic E-state index is 11.4. The zero-order valence-electron chi connectivity index (χ0n) is 10.3. The van der Waals surface area contributed by atoms with E-state index in [1.54, 1.807) is 0 Å². The Labute approximate surface area is 109 Å². The predicted molar refractivity (Wildman–Crippen MR) is 65.8 cm³/mol. The molecule has 0 bridgehead atoms. The molecule has 0 radical (unpaired) electrons. The van der Waals surface area contributed by atoms with E-state index in [2.05, 4.69) is 0 Å². The molecule has 2 aliphatic heterocycles. The van der Waals surface area contributed by atoms with E-state index in [1.165, 1.54) is 0 Å². The number of fused-ring (bicyclic) bond motifs is 2. The van der Waals surface area contributed by atoms with E-state index in [-0.39, 0.29) is 12.1 Å². The Hall–Kier alpha value is -1.79. The lowest BCUT2D eigenvalue weighted by Gasteiger charge is -2.18. The Kier molecular flexibility index (Phi) is 2.83. The molecule has 1 unspecified atom stereocenters. The number of benzene rings is 1. The smallest absolute Gasteiger partial charge is 0.339 e. The molecule has 0 saturated carbocycles. The Balaban J connectivity index is 2.31. The number of nitrogens with two attached hydrogens (primary N) is 1. The molecule has 1 aromatic rings. The third-order valence-electron chi connectivity index (χ3n) is 3.61. The summed E-state index contributed by atoms with van der Waals surface area (Å²) in [4.78, 5) is 11.4. The van der Waals surface area contributed by atoms with Crippen molar-refractivity contribution in [3.05, 3.63) is 22.3 Å². The molecule has 0 fully saturated rings. The van der Waals surface area contributed by atoms with Crippen LogP contribution in [0.3, 0.4) is 0 Å². The lowest BCUT2D eigenvalue weighted by Crippen LogP contribution is -2.15. The number of hydrogen-bond donors (Lipinski definition) is 3. The SMILES string of the molecule is NCC(O)c1c2c(c(C(=O)O)c3c1OCC3)OCC2. The molecule has 1 aromatic carbocycles. The largest absolute Gasteiger partial charge is 0.493 e. The van der Waals surface area contributed by atoms with Crippen LogP contribution in [0, 0.1) is 0 Å². The maximum Gasteiger partial charge on any atom is 0.339 e. The average molecular weight is 265 g/mol. The van der Waals surface area contributed by atoms with Crippen LogP contribution in [0.2, 0.25) is 0 Å². The fraction of sp³-hybridized carbons (Fsp3) is 0.462. The highest BCUT2D eigenvalue weighted by Crippen LogP contribution is 2.46. The van der Waals surface area contributed by atoms with E-state index >= 15 is 0 Å². The van der Waals surface area contributed by atoms with Gasteiger partial charge in [-0.1, -0.05) is 0 Å². The van der Waals surface area contributed by atoms with E-state index in [4.69, 9.17) is 15.2 Å². The number of rotatable bonds is 3. The fourth-order valence-electron chi connectivity index (χ4n) is 2.84. The van der Waals surface area contributed by atoms with Gasteiger partial charge in [0.25, 0.3) is 0 Å². The summed E-state index contributed by atoms with van der Waals surface area (Å²) in [6, 6.07) is 0. The number of aromatic carboxylic acids is 1. The Morgan fingerprint density at radius 1 is 1.21 bits per heavy atom. The molecule has 0 aromatic heterocycles. The third-order valence-corrected chi connectivity index (χ3v) is 3.61. The summed E-state index contributed by atoms with van der Waals surface area (Å²) < 4.78 is 11.0. The lowest BCUT2D eigenvalue weighted by molar-refractivity contribution is 0.0692. The molecule has 3 rings (SSSR count). The van der Waals surface area contributed by atoms with Crippen LogP contribution in [-0.4, -0.2) is 35.9 Å². The highest BCUT2D eigenvalue weighted by molar-refractivity contribution is 5.95. The van der Waals surface area contributed by atoms with E-state index in [0.29, 0.717) is 48.7 Å². The number of carbonyl (C=O) groups is 1. The summed E-state index contributed by atoms with van der Waals surface area (Å²) in [5.74, 6) is -0.160. The predicted octanol–water partition coefficient (Wildman–Crippen LogP) is 0.247. The van der Waals surface area contributed by atoms with Crippen LogP contribution >= 0.6 is 0 Å². The molecule has 6 heteroatoms. The first-order valence-corrected chi connectivity index (χ1v) is 6.23. The van der Waals surface area contributed by atoms with E-state index in [9.17, 15) is 15.0 Å². The molecule has 0 aliphatic carbocycles. The van der Waals surface area contributed by atoms with Crippen LogP contribution in [0.25, 0.3) is 0 Å². The van der Waals surface area contributed by atoms with Gasteiger partial charge in [0, 0.05) is 36.1 Å². The normalized spacial score (nSPS) is 17.4. The summed E-state index contributed by atoms with van der Waals surface area (Å²) in [7, 11) is 0. The molecule has 4 N–H and O–H groups in total. The number of aliphatic hydroxyl groups excluding tert-OH is 1. The van der Waals surface area contributed by atoms with Crippen molar-refractivity contribution >= 4 is 5.97 Å². The monoisotopic (exact) mass is 265 g/mol. The minimum Gasteiger partial charge on any atom is -0.493 e. The molecule has 0 spiro atoms. The molecule has 19 heavy (non-hydrogen) atoms. The van der Waals surface area contributed by atoms with Crippen molar-refractivity contribution in [1.29, 1.82) is 0 Å². The number of carboxylic acids is 1. The van der Waals surface area contributed by atoms with E-state index in [0.717, 1.165) is 5.56 Å². The quantitative estimate of drug-likeness (QED) is 0.724. The van der Waals surface area contributed by atoms with Gasteiger partial charge in [-0.2, -0.15) is 0 Å². The molecular weight excluding hydrogens is 250 g/mol. The van der Waals surface area contributed by atoms with Crippen LogP contribution in [0.4, 0.5) is 0 Å². The molecule has 2 aliphatic rings. The molecule has 0 amide bonds. The van der Waals surface area contributed by atoms with Gasteiger partial charge in [0.05, 0.1) is 19.3 Å². The summed E-state index contributed by atoms with van der Waals surface area (Å²) >= 11 is 0. The van der Waals surface area contributed by atoms with Crippen LogP contribution in [0.15, 0.2) is 0 Å². The average Bonchev–Trinajstić information content (AvgIpc) is 3.02. The molecular formula is C13H15NO5. The summed E-state index contributed by atoms with van der Waals surface area (Å²) in [5, 5.41) is 19.5. The van der Waals surface area contributed by atoms with Crippen molar-refractivity contribution < 1.29 is 24.5 Å². The summed E-state index contributed by atoms with van der Waals surface area (Å²) in [6.45, 7) is 0.903. The van der Waals surface area contributed by atoms with Crippen LogP contribution < -0.4 is 15.2 Å². The van der Waals surface area contributed by atoms with Crippen LogP contribution in [-0.2, 0) is 12.8 Å². The highest BCUT2D eigenvalue weighted by atomic mass is 16.5. The second-order valence-corrected chi connectivity index (χ2v) is 4.66. The van der Waals surface area contributed by atoms with Crippen LogP contribution in [0.1, 0.15) is 33.2 Å². The summed E-state index contributed by atoms with van der Waals surface area (Å²) in [5.41, 5.74) is 7.63. The zero-order valence-corrected chi connectivity index (χ0v) is 10.3. The van der Waals surface area contributed by atoms with Gasteiger partial charge in [-0.25, -0.2) is 4.79 Å². The number of aliphatic hydroxyl groups is 1. The van der Waals surface area contributed by atoms with Gasteiger partial charge in [0.1, 0.15) is 17.1 Å². The van der Waals surface area contributed by atoms with Gasteiger partial charge >= 0.3 is 5.97 Å². The van der Waals surface area contributed by atoms with E-state index in [1.807, 2.05) is 0 Å². The number of carboxylic acid groups (broad SMARTS) is 1. The second-order valence-electron chi connectivity index (χ2n) is 4.66. The highest BCUT2D eigenvalue weighted by Gasteiger charge is 2.35.